The molecule has 0 aliphatic carbocycles. The first-order valence-corrected chi connectivity index (χ1v) is 9.62. The van der Waals surface area contributed by atoms with Gasteiger partial charge in [0, 0.05) is 39.7 Å². The smallest absolute Gasteiger partial charge is 0.266 e. The van der Waals surface area contributed by atoms with Crippen LogP contribution in [0.3, 0.4) is 0 Å². The number of pyridine rings is 2. The Morgan fingerprint density at radius 2 is 2.00 bits per heavy atom. The number of hydrogen-bond acceptors (Lipinski definition) is 5. The molecule has 0 saturated carbocycles. The van der Waals surface area contributed by atoms with Gasteiger partial charge in [0.1, 0.15) is 10.4 Å². The van der Waals surface area contributed by atoms with Crippen LogP contribution in [0.2, 0.25) is 0 Å². The van der Waals surface area contributed by atoms with E-state index in [1.165, 1.54) is 11.3 Å². The summed E-state index contributed by atoms with van der Waals surface area (Å²) >= 11 is 1.45. The van der Waals surface area contributed by atoms with Crippen molar-refractivity contribution in [3.8, 4) is 16.9 Å². The molecule has 138 valence electrons. The molecule has 4 aromatic rings. The van der Waals surface area contributed by atoms with Crippen molar-refractivity contribution < 1.29 is 4.74 Å². The van der Waals surface area contributed by atoms with Gasteiger partial charge >= 0.3 is 0 Å². The third-order valence-corrected chi connectivity index (χ3v) is 5.97. The average molecular weight is 379 g/mol. The Morgan fingerprint density at radius 1 is 1.19 bits per heavy atom. The minimum Gasteiger partial charge on any atom is -0.496 e. The molecule has 0 fully saturated rings. The molecular formula is C21H21N3O2S. The summed E-state index contributed by atoms with van der Waals surface area (Å²) in [4.78, 5) is 22.1. The highest BCUT2D eigenvalue weighted by molar-refractivity contribution is 7.17. The maximum Gasteiger partial charge on any atom is 0.266 e. The van der Waals surface area contributed by atoms with Crippen molar-refractivity contribution in [3.05, 3.63) is 58.0 Å². The van der Waals surface area contributed by atoms with Crippen LogP contribution in [0.5, 0.6) is 5.75 Å². The van der Waals surface area contributed by atoms with Gasteiger partial charge < -0.3 is 14.6 Å². The summed E-state index contributed by atoms with van der Waals surface area (Å²) in [5.74, 6) is 0.761. The summed E-state index contributed by atoms with van der Waals surface area (Å²) in [6.07, 6.45) is 1.88. The number of aromatic nitrogens is 2. The van der Waals surface area contributed by atoms with E-state index in [1.807, 2.05) is 43.9 Å². The third-order valence-electron chi connectivity index (χ3n) is 5.05. The first kappa shape index (κ1) is 17.7. The number of nitrogens with zero attached hydrogens (tertiary/aromatic N) is 2. The van der Waals surface area contributed by atoms with Crippen molar-refractivity contribution >= 4 is 32.3 Å². The van der Waals surface area contributed by atoms with Gasteiger partial charge in [-0.15, -0.1) is 11.3 Å². The van der Waals surface area contributed by atoms with Gasteiger partial charge in [-0.3, -0.25) is 9.78 Å². The quantitative estimate of drug-likeness (QED) is 0.570. The van der Waals surface area contributed by atoms with Crippen molar-refractivity contribution in [1.29, 1.82) is 0 Å². The highest BCUT2D eigenvalue weighted by Crippen LogP contribution is 2.40. The molecule has 4 rings (SSSR count). The van der Waals surface area contributed by atoms with E-state index in [9.17, 15) is 4.79 Å². The summed E-state index contributed by atoms with van der Waals surface area (Å²) in [6.45, 7) is 2.13. The van der Waals surface area contributed by atoms with Crippen LogP contribution in [0, 0.1) is 0 Å². The number of thiophene rings is 1. The number of ether oxygens (including phenoxy) is 1. The lowest BCUT2D eigenvalue weighted by atomic mass is 9.98. The summed E-state index contributed by atoms with van der Waals surface area (Å²) in [6, 6.07) is 10.1. The second-order valence-corrected chi connectivity index (χ2v) is 7.71. The Morgan fingerprint density at radius 3 is 2.67 bits per heavy atom. The first-order valence-electron chi connectivity index (χ1n) is 8.74. The molecule has 1 aromatic carbocycles. The van der Waals surface area contributed by atoms with Crippen molar-refractivity contribution in [2.75, 3.05) is 21.2 Å². The number of benzene rings is 1. The second-order valence-electron chi connectivity index (χ2n) is 6.79. The van der Waals surface area contributed by atoms with Gasteiger partial charge in [0.2, 0.25) is 0 Å². The number of rotatable bonds is 4. The van der Waals surface area contributed by atoms with E-state index in [4.69, 9.17) is 4.74 Å². The monoisotopic (exact) mass is 379 g/mol. The van der Waals surface area contributed by atoms with Gasteiger partial charge in [-0.2, -0.15) is 0 Å². The van der Waals surface area contributed by atoms with E-state index in [2.05, 4.69) is 33.9 Å². The minimum absolute atomic E-state index is 0.0584. The van der Waals surface area contributed by atoms with Gasteiger partial charge in [-0.25, -0.2) is 0 Å². The van der Waals surface area contributed by atoms with Crippen LogP contribution in [-0.4, -0.2) is 36.1 Å². The molecule has 1 unspecified atom stereocenters. The maximum absolute atomic E-state index is 12.3. The predicted octanol–water partition coefficient (Wildman–Crippen LogP) is 4.44. The maximum atomic E-state index is 12.3. The molecule has 0 aliphatic heterocycles. The lowest BCUT2D eigenvalue weighted by molar-refractivity contribution is 0.315. The number of hydrogen-bond donors (Lipinski definition) is 1. The SMILES string of the molecule is COc1ccc2[nH]c(=O)c3sccc3c2c1-c1ccc(C(C)N(C)C)nc1. The fourth-order valence-corrected chi connectivity index (χ4v) is 4.15. The number of H-pyrrole nitrogens is 1. The zero-order chi connectivity index (χ0) is 19.1. The molecule has 6 heteroatoms. The van der Waals surface area contributed by atoms with E-state index in [1.54, 1.807) is 7.11 Å². The largest absolute Gasteiger partial charge is 0.496 e. The van der Waals surface area contributed by atoms with Gasteiger partial charge in [-0.05, 0) is 50.7 Å². The van der Waals surface area contributed by atoms with Crippen molar-refractivity contribution in [2.45, 2.75) is 13.0 Å². The van der Waals surface area contributed by atoms with Crippen molar-refractivity contribution in [2.24, 2.45) is 0 Å². The highest BCUT2D eigenvalue weighted by Gasteiger charge is 2.17. The van der Waals surface area contributed by atoms with Gasteiger partial charge in [0.25, 0.3) is 5.56 Å². The number of aromatic amines is 1. The molecule has 0 spiro atoms. The molecular weight excluding hydrogens is 358 g/mol. The summed E-state index contributed by atoms with van der Waals surface area (Å²) in [5, 5.41) is 3.88. The fourth-order valence-electron chi connectivity index (χ4n) is 3.35. The Labute approximate surface area is 161 Å². The topological polar surface area (TPSA) is 58.2 Å². The third kappa shape index (κ3) is 2.91. The fraction of sp³-hybridized carbons (Fsp3) is 0.238. The number of fused-ring (bicyclic) bond motifs is 3. The van der Waals surface area contributed by atoms with E-state index in [0.29, 0.717) is 0 Å². The molecule has 0 amide bonds. The van der Waals surface area contributed by atoms with Crippen LogP contribution in [-0.2, 0) is 0 Å². The molecule has 3 aromatic heterocycles. The average Bonchev–Trinajstić information content (AvgIpc) is 3.17. The Hall–Kier alpha value is -2.70. The van der Waals surface area contributed by atoms with E-state index >= 15 is 0 Å². The molecule has 3 heterocycles. The van der Waals surface area contributed by atoms with Gasteiger partial charge in [-0.1, -0.05) is 6.07 Å². The Kier molecular flexibility index (Phi) is 4.45. The zero-order valence-electron chi connectivity index (χ0n) is 15.7. The molecule has 5 nitrogen and oxygen atoms in total. The van der Waals surface area contributed by atoms with Crippen LogP contribution < -0.4 is 10.3 Å². The van der Waals surface area contributed by atoms with Crippen LogP contribution in [0.1, 0.15) is 18.7 Å². The summed E-state index contributed by atoms with van der Waals surface area (Å²) in [7, 11) is 5.74. The van der Waals surface area contributed by atoms with Crippen molar-refractivity contribution in [1.82, 2.24) is 14.9 Å². The zero-order valence-corrected chi connectivity index (χ0v) is 16.6. The number of methoxy groups -OCH3 is 1. The van der Waals surface area contributed by atoms with Crippen LogP contribution in [0.15, 0.2) is 46.7 Å². The van der Waals surface area contributed by atoms with E-state index < -0.39 is 0 Å². The van der Waals surface area contributed by atoms with E-state index in [0.717, 1.165) is 43.6 Å². The molecule has 1 atom stereocenters. The van der Waals surface area contributed by atoms with Crippen LogP contribution in [0.25, 0.3) is 32.1 Å². The molecule has 0 bridgehead atoms. The van der Waals surface area contributed by atoms with Crippen LogP contribution in [0.4, 0.5) is 0 Å². The lowest BCUT2D eigenvalue weighted by Crippen LogP contribution is -2.17. The predicted molar refractivity (Wildman–Crippen MR) is 112 cm³/mol. The lowest BCUT2D eigenvalue weighted by Gasteiger charge is -2.19. The Bertz CT molecular complexity index is 1180. The summed E-state index contributed by atoms with van der Waals surface area (Å²) in [5.41, 5.74) is 3.67. The first-order chi connectivity index (χ1) is 13.0. The molecule has 27 heavy (non-hydrogen) atoms. The molecule has 0 saturated heterocycles. The number of nitrogens with one attached hydrogen (secondary N) is 1. The normalized spacial score (nSPS) is 12.8. The second kappa shape index (κ2) is 6.79. The van der Waals surface area contributed by atoms with Gasteiger partial charge in [0.05, 0.1) is 12.8 Å². The van der Waals surface area contributed by atoms with Crippen LogP contribution >= 0.6 is 11.3 Å². The molecule has 1 N–H and O–H groups in total. The van der Waals surface area contributed by atoms with E-state index in [-0.39, 0.29) is 11.6 Å². The standard InChI is InChI=1S/C21H21N3O2S/c1-12(24(2)3)15-6-5-13(11-22-15)18-17(26-4)8-7-16-19(18)14-9-10-27-20(14)21(25)23-16/h5-12H,1-4H3,(H,23,25). The van der Waals surface area contributed by atoms with Crippen molar-refractivity contribution in [3.63, 3.8) is 0 Å². The molecule has 0 aliphatic rings. The van der Waals surface area contributed by atoms with Gasteiger partial charge in [0.15, 0.2) is 0 Å². The summed E-state index contributed by atoms with van der Waals surface area (Å²) < 4.78 is 6.38. The highest BCUT2D eigenvalue weighted by atomic mass is 32.1. The minimum atomic E-state index is -0.0584. The Balaban J connectivity index is 2.00. The molecule has 0 radical (unpaired) electrons.